The summed E-state index contributed by atoms with van der Waals surface area (Å²) < 4.78 is 28.0. The number of thiazole rings is 1. The molecule has 134 valence electrons. The standard InChI is InChI=1S/C19H15ClF2N2OS/c20-12-10-14(22)13(21)9-11(12)19(25)24-8-4-3-6-16(24)18-23-15-5-1-2-7-17(15)26-18/h1-2,5,7,9-10,16H,3-4,6,8H2. The van der Waals surface area contributed by atoms with Crippen LogP contribution in [0.5, 0.6) is 0 Å². The van der Waals surface area contributed by atoms with E-state index in [9.17, 15) is 13.6 Å². The Hall–Kier alpha value is -2.05. The molecule has 0 radical (unpaired) electrons. The molecule has 0 saturated carbocycles. The molecule has 1 aliphatic heterocycles. The van der Waals surface area contributed by atoms with E-state index in [-0.39, 0.29) is 16.6 Å². The van der Waals surface area contributed by atoms with Crippen LogP contribution in [-0.2, 0) is 0 Å². The minimum atomic E-state index is -1.08. The third-order valence-corrected chi connectivity index (χ3v) is 6.05. The molecule has 0 N–H and O–H groups in total. The highest BCUT2D eigenvalue weighted by Gasteiger charge is 2.32. The van der Waals surface area contributed by atoms with Crippen LogP contribution in [0, 0.1) is 11.6 Å². The first kappa shape index (κ1) is 17.4. The Labute approximate surface area is 158 Å². The lowest BCUT2D eigenvalue weighted by Crippen LogP contribution is -2.38. The monoisotopic (exact) mass is 392 g/mol. The molecule has 1 atom stereocenters. The molecule has 1 aliphatic rings. The van der Waals surface area contributed by atoms with Gasteiger partial charge in [0.2, 0.25) is 0 Å². The van der Waals surface area contributed by atoms with E-state index in [0.717, 1.165) is 46.6 Å². The van der Waals surface area contributed by atoms with Crippen LogP contribution in [0.4, 0.5) is 8.78 Å². The molecular formula is C19H15ClF2N2OS. The maximum Gasteiger partial charge on any atom is 0.256 e. The van der Waals surface area contributed by atoms with Crippen molar-refractivity contribution in [2.24, 2.45) is 0 Å². The van der Waals surface area contributed by atoms with Gasteiger partial charge in [0.1, 0.15) is 5.01 Å². The molecule has 1 aromatic heterocycles. The van der Waals surface area contributed by atoms with Gasteiger partial charge in [-0.1, -0.05) is 23.7 Å². The van der Waals surface area contributed by atoms with Gasteiger partial charge in [0, 0.05) is 6.54 Å². The van der Waals surface area contributed by atoms with E-state index >= 15 is 0 Å². The van der Waals surface area contributed by atoms with Gasteiger partial charge in [0.25, 0.3) is 5.91 Å². The number of halogens is 3. The number of nitrogens with zero attached hydrogens (tertiary/aromatic N) is 2. The molecule has 1 fully saturated rings. The normalized spacial score (nSPS) is 17.7. The largest absolute Gasteiger partial charge is 0.329 e. The van der Waals surface area contributed by atoms with Gasteiger partial charge in [-0.15, -0.1) is 11.3 Å². The zero-order valence-electron chi connectivity index (χ0n) is 13.7. The van der Waals surface area contributed by atoms with Crippen molar-refractivity contribution in [2.75, 3.05) is 6.54 Å². The number of hydrogen-bond donors (Lipinski definition) is 0. The first-order valence-electron chi connectivity index (χ1n) is 8.35. The zero-order chi connectivity index (χ0) is 18.3. The molecule has 26 heavy (non-hydrogen) atoms. The summed E-state index contributed by atoms with van der Waals surface area (Å²) in [6.07, 6.45) is 2.62. The summed E-state index contributed by atoms with van der Waals surface area (Å²) in [5, 5.41) is 0.778. The number of fused-ring (bicyclic) bond motifs is 1. The van der Waals surface area contributed by atoms with Gasteiger partial charge in [-0.05, 0) is 43.5 Å². The predicted octanol–water partition coefficient (Wildman–Crippen LogP) is 5.60. The van der Waals surface area contributed by atoms with Crippen LogP contribution in [-0.4, -0.2) is 22.3 Å². The molecular weight excluding hydrogens is 378 g/mol. The lowest BCUT2D eigenvalue weighted by Gasteiger charge is -2.34. The molecule has 2 aromatic carbocycles. The second-order valence-corrected chi connectivity index (χ2v) is 7.75. The maximum atomic E-state index is 13.6. The number of carbonyl (C=O) groups is 1. The Morgan fingerprint density at radius 1 is 1.19 bits per heavy atom. The van der Waals surface area contributed by atoms with E-state index in [1.165, 1.54) is 0 Å². The third kappa shape index (κ3) is 3.08. The SMILES string of the molecule is O=C(c1cc(F)c(F)cc1Cl)N1CCCCC1c1nc2ccccc2s1. The first-order valence-corrected chi connectivity index (χ1v) is 9.55. The number of rotatable bonds is 2. The molecule has 1 saturated heterocycles. The van der Waals surface area contributed by atoms with Crippen molar-refractivity contribution in [2.45, 2.75) is 25.3 Å². The van der Waals surface area contributed by atoms with Gasteiger partial charge >= 0.3 is 0 Å². The quantitative estimate of drug-likeness (QED) is 0.532. The molecule has 1 unspecified atom stereocenters. The number of hydrogen-bond acceptors (Lipinski definition) is 3. The molecule has 7 heteroatoms. The van der Waals surface area contributed by atoms with E-state index in [2.05, 4.69) is 4.98 Å². The van der Waals surface area contributed by atoms with Crippen molar-refractivity contribution >= 4 is 39.1 Å². The van der Waals surface area contributed by atoms with Crippen LogP contribution < -0.4 is 0 Å². The Morgan fingerprint density at radius 3 is 2.77 bits per heavy atom. The van der Waals surface area contributed by atoms with Crippen LogP contribution in [0.25, 0.3) is 10.2 Å². The van der Waals surface area contributed by atoms with Gasteiger partial charge in [-0.3, -0.25) is 4.79 Å². The van der Waals surface area contributed by atoms with E-state index < -0.39 is 17.5 Å². The summed E-state index contributed by atoms with van der Waals surface area (Å²) in [6.45, 7) is 0.536. The van der Waals surface area contributed by atoms with Gasteiger partial charge in [0.15, 0.2) is 11.6 Å². The van der Waals surface area contributed by atoms with Crippen molar-refractivity contribution in [1.82, 2.24) is 9.88 Å². The van der Waals surface area contributed by atoms with Crippen LogP contribution >= 0.6 is 22.9 Å². The van der Waals surface area contributed by atoms with Crippen molar-refractivity contribution < 1.29 is 13.6 Å². The number of benzene rings is 2. The smallest absolute Gasteiger partial charge is 0.256 e. The number of piperidine rings is 1. The summed E-state index contributed by atoms with van der Waals surface area (Å²) in [7, 11) is 0. The number of aromatic nitrogens is 1. The predicted molar refractivity (Wildman–Crippen MR) is 98.6 cm³/mol. The fourth-order valence-electron chi connectivity index (χ4n) is 3.31. The summed E-state index contributed by atoms with van der Waals surface area (Å²) in [4.78, 5) is 19.4. The molecule has 1 amide bonds. The second-order valence-electron chi connectivity index (χ2n) is 6.28. The van der Waals surface area contributed by atoms with E-state index in [1.54, 1.807) is 16.2 Å². The lowest BCUT2D eigenvalue weighted by molar-refractivity contribution is 0.0611. The Kier molecular flexibility index (Phi) is 4.63. The van der Waals surface area contributed by atoms with Crippen LogP contribution in [0.15, 0.2) is 36.4 Å². The fourth-order valence-corrected chi connectivity index (χ4v) is 4.65. The average molecular weight is 393 g/mol. The van der Waals surface area contributed by atoms with Gasteiger partial charge in [0.05, 0.1) is 26.8 Å². The highest BCUT2D eigenvalue weighted by Crippen LogP contribution is 2.37. The summed E-state index contributed by atoms with van der Waals surface area (Å²) in [5.41, 5.74) is 0.884. The van der Waals surface area contributed by atoms with E-state index in [4.69, 9.17) is 11.6 Å². The van der Waals surface area contributed by atoms with Crippen molar-refractivity contribution in [1.29, 1.82) is 0 Å². The molecule has 2 heterocycles. The highest BCUT2D eigenvalue weighted by molar-refractivity contribution is 7.18. The van der Waals surface area contributed by atoms with Crippen molar-refractivity contribution in [3.05, 3.63) is 63.6 Å². The van der Waals surface area contributed by atoms with Gasteiger partial charge in [-0.25, -0.2) is 13.8 Å². The summed E-state index contributed by atoms with van der Waals surface area (Å²) in [5.74, 6) is -2.53. The van der Waals surface area contributed by atoms with Crippen LogP contribution in [0.3, 0.4) is 0 Å². The Bertz CT molecular complexity index is 958. The minimum Gasteiger partial charge on any atom is -0.329 e. The summed E-state index contributed by atoms with van der Waals surface area (Å²) in [6, 6.07) is 9.36. The first-order chi connectivity index (χ1) is 12.5. The minimum absolute atomic E-state index is 0.0152. The molecule has 3 aromatic rings. The number of amides is 1. The molecule has 0 aliphatic carbocycles. The lowest BCUT2D eigenvalue weighted by atomic mass is 10.0. The second kappa shape index (κ2) is 6.93. The van der Waals surface area contributed by atoms with Gasteiger partial charge in [-0.2, -0.15) is 0 Å². The summed E-state index contributed by atoms with van der Waals surface area (Å²) >= 11 is 7.56. The molecule has 0 spiro atoms. The van der Waals surface area contributed by atoms with E-state index in [0.29, 0.717) is 6.54 Å². The number of carbonyl (C=O) groups excluding carboxylic acids is 1. The van der Waals surface area contributed by atoms with Crippen molar-refractivity contribution in [3.63, 3.8) is 0 Å². The molecule has 4 rings (SSSR count). The Morgan fingerprint density at radius 2 is 1.96 bits per heavy atom. The van der Waals surface area contributed by atoms with Gasteiger partial charge < -0.3 is 4.90 Å². The molecule has 3 nitrogen and oxygen atoms in total. The van der Waals surface area contributed by atoms with Crippen LogP contribution in [0.1, 0.15) is 40.7 Å². The number of para-hydroxylation sites is 1. The fraction of sp³-hybridized carbons (Fsp3) is 0.263. The molecule has 0 bridgehead atoms. The average Bonchev–Trinajstić information content (AvgIpc) is 3.08. The van der Waals surface area contributed by atoms with Crippen LogP contribution in [0.2, 0.25) is 5.02 Å². The highest BCUT2D eigenvalue weighted by atomic mass is 35.5. The topological polar surface area (TPSA) is 33.2 Å². The third-order valence-electron chi connectivity index (χ3n) is 4.60. The Balaban J connectivity index is 1.71. The zero-order valence-corrected chi connectivity index (χ0v) is 15.3. The van der Waals surface area contributed by atoms with Crippen molar-refractivity contribution in [3.8, 4) is 0 Å². The number of likely N-dealkylation sites (tertiary alicyclic amines) is 1. The maximum absolute atomic E-state index is 13.6. The van der Waals surface area contributed by atoms with E-state index in [1.807, 2.05) is 24.3 Å².